The average molecular weight is 276 g/mol. The highest BCUT2D eigenvalue weighted by Gasteiger charge is 2.17. The number of benzene rings is 1. The van der Waals surface area contributed by atoms with E-state index < -0.39 is 0 Å². The maximum absolute atomic E-state index is 9.38. The Balaban J connectivity index is 1.69. The Bertz CT molecular complexity index is 609. The molecular weight excluding hydrogens is 260 g/mol. The molecule has 1 aromatic heterocycles. The van der Waals surface area contributed by atoms with E-state index in [9.17, 15) is 5.11 Å². The summed E-state index contributed by atoms with van der Waals surface area (Å²) in [5.74, 6) is 2.86. The summed E-state index contributed by atoms with van der Waals surface area (Å²) >= 11 is 0. The summed E-state index contributed by atoms with van der Waals surface area (Å²) in [5, 5.41) is 9.38. The lowest BCUT2D eigenvalue weighted by Crippen LogP contribution is -2.07. The first-order chi connectivity index (χ1) is 9.78. The van der Waals surface area contributed by atoms with Crippen LogP contribution in [0.5, 0.6) is 17.2 Å². The van der Waals surface area contributed by atoms with Gasteiger partial charge in [0.05, 0.1) is 13.2 Å². The number of imidazole rings is 1. The van der Waals surface area contributed by atoms with Crippen molar-refractivity contribution < 1.29 is 19.3 Å². The van der Waals surface area contributed by atoms with Crippen LogP contribution in [0.1, 0.15) is 11.4 Å². The molecule has 1 aliphatic heterocycles. The lowest BCUT2D eigenvalue weighted by molar-refractivity contribution is 0.173. The molecule has 0 bridgehead atoms. The van der Waals surface area contributed by atoms with Gasteiger partial charge < -0.3 is 23.9 Å². The van der Waals surface area contributed by atoms with Crippen LogP contribution in [-0.2, 0) is 20.1 Å². The number of aryl methyl sites for hydroxylation is 1. The number of aromatic nitrogens is 2. The fourth-order valence-corrected chi connectivity index (χ4v) is 2.11. The molecule has 1 aromatic carbocycles. The number of nitrogens with zero attached hydrogens (tertiary/aromatic N) is 2. The number of fused-ring (bicyclic) bond motifs is 1. The van der Waals surface area contributed by atoms with Crippen molar-refractivity contribution in [3.63, 3.8) is 0 Å². The van der Waals surface area contributed by atoms with E-state index in [0.29, 0.717) is 35.8 Å². The Morgan fingerprint density at radius 3 is 2.85 bits per heavy atom. The number of aliphatic hydroxyl groups excluding tert-OH is 1. The molecule has 20 heavy (non-hydrogen) atoms. The van der Waals surface area contributed by atoms with Crippen LogP contribution in [-0.4, -0.2) is 28.1 Å². The molecule has 0 saturated carbocycles. The summed E-state index contributed by atoms with van der Waals surface area (Å²) in [6.07, 6.45) is 4.35. The molecule has 2 aromatic rings. The molecule has 106 valence electrons. The van der Waals surface area contributed by atoms with Gasteiger partial charge in [-0.25, -0.2) is 4.98 Å². The fraction of sp³-hybridized carbons (Fsp3) is 0.357. The standard InChI is InChI=1S/C14H16N2O4/c1-16-4-3-15-14(16)2-5-18-11-7-13-12(19-9-20-13)6-10(11)8-17/h3-4,6-7,17H,2,5,8-9H2,1H3. The number of rotatable bonds is 5. The van der Waals surface area contributed by atoms with Crippen LogP contribution in [0.3, 0.4) is 0 Å². The first-order valence-electron chi connectivity index (χ1n) is 6.40. The van der Waals surface area contributed by atoms with Crippen molar-refractivity contribution in [1.82, 2.24) is 9.55 Å². The van der Waals surface area contributed by atoms with Crippen molar-refractivity contribution in [1.29, 1.82) is 0 Å². The fourth-order valence-electron chi connectivity index (χ4n) is 2.11. The van der Waals surface area contributed by atoms with E-state index in [1.165, 1.54) is 0 Å². The van der Waals surface area contributed by atoms with Crippen molar-refractivity contribution in [3.05, 3.63) is 35.9 Å². The molecule has 1 aliphatic rings. The van der Waals surface area contributed by atoms with Crippen LogP contribution in [0.4, 0.5) is 0 Å². The van der Waals surface area contributed by atoms with E-state index in [-0.39, 0.29) is 13.4 Å². The number of ether oxygens (including phenoxy) is 3. The molecule has 6 nitrogen and oxygen atoms in total. The van der Waals surface area contributed by atoms with Gasteiger partial charge in [-0.05, 0) is 6.07 Å². The summed E-state index contributed by atoms with van der Waals surface area (Å²) in [5.41, 5.74) is 0.689. The van der Waals surface area contributed by atoms with Crippen molar-refractivity contribution in [2.45, 2.75) is 13.0 Å². The lowest BCUT2D eigenvalue weighted by atomic mass is 10.2. The van der Waals surface area contributed by atoms with Gasteiger partial charge in [-0.15, -0.1) is 0 Å². The van der Waals surface area contributed by atoms with Crippen LogP contribution < -0.4 is 14.2 Å². The Morgan fingerprint density at radius 1 is 1.35 bits per heavy atom. The number of hydrogen-bond acceptors (Lipinski definition) is 5. The highest BCUT2D eigenvalue weighted by atomic mass is 16.7. The second kappa shape index (κ2) is 5.42. The Kier molecular flexibility index (Phi) is 3.47. The average Bonchev–Trinajstić information content (AvgIpc) is 3.06. The molecule has 0 radical (unpaired) electrons. The zero-order valence-corrected chi connectivity index (χ0v) is 11.2. The molecule has 0 atom stereocenters. The molecule has 0 amide bonds. The smallest absolute Gasteiger partial charge is 0.231 e. The molecule has 2 heterocycles. The quantitative estimate of drug-likeness (QED) is 0.890. The van der Waals surface area contributed by atoms with Gasteiger partial charge in [0.25, 0.3) is 0 Å². The van der Waals surface area contributed by atoms with Gasteiger partial charge >= 0.3 is 0 Å². The van der Waals surface area contributed by atoms with Gasteiger partial charge in [0.1, 0.15) is 11.6 Å². The second-order valence-corrected chi connectivity index (χ2v) is 4.52. The van der Waals surface area contributed by atoms with Gasteiger partial charge in [0.15, 0.2) is 11.5 Å². The van der Waals surface area contributed by atoms with E-state index in [1.54, 1.807) is 18.3 Å². The minimum atomic E-state index is -0.103. The Hall–Kier alpha value is -2.21. The molecule has 0 fully saturated rings. The van der Waals surface area contributed by atoms with E-state index in [4.69, 9.17) is 14.2 Å². The molecule has 6 heteroatoms. The number of aliphatic hydroxyl groups is 1. The van der Waals surface area contributed by atoms with E-state index in [0.717, 1.165) is 5.82 Å². The summed E-state index contributed by atoms with van der Waals surface area (Å²) in [4.78, 5) is 4.24. The van der Waals surface area contributed by atoms with Crippen LogP contribution in [0.15, 0.2) is 24.5 Å². The minimum Gasteiger partial charge on any atom is -0.493 e. The molecule has 3 rings (SSSR count). The topological polar surface area (TPSA) is 65.7 Å². The van der Waals surface area contributed by atoms with E-state index >= 15 is 0 Å². The van der Waals surface area contributed by atoms with Crippen molar-refractivity contribution in [3.8, 4) is 17.2 Å². The van der Waals surface area contributed by atoms with Gasteiger partial charge in [0, 0.05) is 37.5 Å². The summed E-state index contributed by atoms with van der Waals surface area (Å²) in [6.45, 7) is 0.586. The maximum atomic E-state index is 9.38. The van der Waals surface area contributed by atoms with Crippen LogP contribution in [0.25, 0.3) is 0 Å². The molecule has 0 aliphatic carbocycles. The molecule has 0 spiro atoms. The summed E-state index contributed by atoms with van der Waals surface area (Å²) < 4.78 is 18.3. The first kappa shape index (κ1) is 12.8. The zero-order valence-electron chi connectivity index (χ0n) is 11.2. The summed E-state index contributed by atoms with van der Waals surface area (Å²) in [6, 6.07) is 3.50. The molecular formula is C14H16N2O4. The lowest BCUT2D eigenvalue weighted by Gasteiger charge is -2.11. The number of hydrogen-bond donors (Lipinski definition) is 1. The monoisotopic (exact) mass is 276 g/mol. The van der Waals surface area contributed by atoms with Crippen LogP contribution >= 0.6 is 0 Å². The zero-order chi connectivity index (χ0) is 13.9. The highest BCUT2D eigenvalue weighted by molar-refractivity contribution is 5.51. The summed E-state index contributed by atoms with van der Waals surface area (Å²) in [7, 11) is 1.95. The van der Waals surface area contributed by atoms with Crippen molar-refractivity contribution in [2.24, 2.45) is 7.05 Å². The van der Waals surface area contributed by atoms with Gasteiger partial charge in [-0.1, -0.05) is 0 Å². The predicted molar refractivity (Wildman–Crippen MR) is 70.9 cm³/mol. The maximum Gasteiger partial charge on any atom is 0.231 e. The van der Waals surface area contributed by atoms with Crippen molar-refractivity contribution >= 4 is 0 Å². The third kappa shape index (κ3) is 2.42. The van der Waals surface area contributed by atoms with Gasteiger partial charge in [-0.2, -0.15) is 0 Å². The predicted octanol–water partition coefficient (Wildman–Crippen LogP) is 1.26. The minimum absolute atomic E-state index is 0.103. The molecule has 1 N–H and O–H groups in total. The first-order valence-corrected chi connectivity index (χ1v) is 6.40. The Morgan fingerprint density at radius 2 is 2.15 bits per heavy atom. The van der Waals surface area contributed by atoms with E-state index in [1.807, 2.05) is 17.8 Å². The molecule has 0 unspecified atom stereocenters. The van der Waals surface area contributed by atoms with Crippen LogP contribution in [0, 0.1) is 0 Å². The largest absolute Gasteiger partial charge is 0.493 e. The highest BCUT2D eigenvalue weighted by Crippen LogP contribution is 2.38. The second-order valence-electron chi connectivity index (χ2n) is 4.52. The van der Waals surface area contributed by atoms with Gasteiger partial charge in [0.2, 0.25) is 6.79 Å². The molecule has 0 saturated heterocycles. The normalized spacial score (nSPS) is 12.7. The van der Waals surface area contributed by atoms with E-state index in [2.05, 4.69) is 4.98 Å². The van der Waals surface area contributed by atoms with Gasteiger partial charge in [-0.3, -0.25) is 0 Å². The third-order valence-corrected chi connectivity index (χ3v) is 3.23. The third-order valence-electron chi connectivity index (χ3n) is 3.23. The SMILES string of the molecule is Cn1ccnc1CCOc1cc2c(cc1CO)OCO2. The Labute approximate surface area is 116 Å². The van der Waals surface area contributed by atoms with Crippen LogP contribution in [0.2, 0.25) is 0 Å². The van der Waals surface area contributed by atoms with Crippen molar-refractivity contribution in [2.75, 3.05) is 13.4 Å².